The van der Waals surface area contributed by atoms with E-state index >= 15 is 47.1 Å². The number of carbonyl (C=O) groups is 12. The summed E-state index contributed by atoms with van der Waals surface area (Å²) in [6.45, 7) is 6.06. The minimum absolute atomic E-state index is 0.0174. The molecule has 604 valence electrons. The van der Waals surface area contributed by atoms with E-state index in [9.17, 15) is 45.5 Å². The van der Waals surface area contributed by atoms with Crippen LogP contribution in [-0.2, 0) is 62.3 Å². The van der Waals surface area contributed by atoms with Gasteiger partial charge >= 0.3 is 12.4 Å². The molecule has 12 amide bonds. The highest BCUT2D eigenvalue weighted by Gasteiger charge is 2.56. The number of alkyl halides is 8. The fourth-order valence-corrected chi connectivity index (χ4v) is 17.5. The molecule has 25 nitrogen and oxygen atoms in total. The monoisotopic (exact) mass is 1530 g/mol. The van der Waals surface area contributed by atoms with E-state index in [1.807, 2.05) is 13.8 Å². The van der Waals surface area contributed by atoms with E-state index in [-0.39, 0.29) is 129 Å². The van der Waals surface area contributed by atoms with E-state index < -0.39 is 224 Å². The van der Waals surface area contributed by atoms with Crippen LogP contribution in [0.1, 0.15) is 182 Å². The van der Waals surface area contributed by atoms with Gasteiger partial charge in [-0.25, -0.2) is 8.78 Å². The molecule has 8 rings (SSSR count). The third-order valence-corrected chi connectivity index (χ3v) is 24.4. The van der Waals surface area contributed by atoms with E-state index in [1.54, 1.807) is 13.8 Å². The highest BCUT2D eigenvalue weighted by molar-refractivity contribution is 6.01. The number of likely N-dealkylation sites (N-methyl/N-ethyl adjacent to an activating group) is 6. The van der Waals surface area contributed by atoms with Crippen molar-refractivity contribution in [3.8, 4) is 0 Å². The maximum atomic E-state index is 15.6. The van der Waals surface area contributed by atoms with Crippen molar-refractivity contribution < 1.29 is 97.4 Å². The number of halogens is 8. The van der Waals surface area contributed by atoms with Gasteiger partial charge in [0.1, 0.15) is 72.1 Å². The standard InChI is InChI=1S/C74H114F8N12O13/c1-11-44(4)61-69(104)87(6)42-59(97)88(7)53-20-14-15-30-94(68(53)103)56(39-45-22-25-48(26-23-45)73(77,78)79)66(101)86(5)41-57(95)83-51(27-24-46-37-49(75)60(50(76)38-46)74(80,81)82)65(100)93-31-16-21-52(93)64(99)85-72(28-17-29-72)71(106)91(10)62(47-18-12-13-19-47)70(105)90(9)55(67(102)92-32-34-107-35-33-92)40-58(96)89(8)54(36-43(2)3)63(98)84-61/h43-56,60-62H,11-42H2,1-10H3,(H,83,95)(H,84,98)(H,85,99)/t44-,45?,46?,48?,49?,50?,51-,52-,53-,54-,55-,56-,60?,61-,62-/m0/s1. The fraction of sp³-hybridized carbons (Fsp3) is 0.838. The lowest BCUT2D eigenvalue weighted by atomic mass is 9.74. The van der Waals surface area contributed by atoms with E-state index in [4.69, 9.17) is 4.74 Å². The molecule has 4 saturated carbocycles. The highest BCUT2D eigenvalue weighted by Crippen LogP contribution is 2.46. The third kappa shape index (κ3) is 20.5. The summed E-state index contributed by atoms with van der Waals surface area (Å²) in [5.41, 5.74) is -1.64. The van der Waals surface area contributed by atoms with Crippen molar-refractivity contribution in [3.05, 3.63) is 0 Å². The van der Waals surface area contributed by atoms with Crippen molar-refractivity contribution >= 4 is 70.9 Å². The number of hydrogen-bond donors (Lipinski definition) is 3. The van der Waals surface area contributed by atoms with Crippen molar-refractivity contribution in [1.29, 1.82) is 0 Å². The molecule has 8 fully saturated rings. The third-order valence-electron chi connectivity index (χ3n) is 24.4. The van der Waals surface area contributed by atoms with Gasteiger partial charge in [-0.05, 0) is 158 Å². The lowest BCUT2D eigenvalue weighted by molar-refractivity contribution is -0.219. The summed E-state index contributed by atoms with van der Waals surface area (Å²) in [5, 5.41) is 8.44. The summed E-state index contributed by atoms with van der Waals surface area (Å²) in [4.78, 5) is 192. The minimum atomic E-state index is -5.20. The molecule has 33 heteroatoms. The molecule has 4 aliphatic heterocycles. The number of amides is 12. The van der Waals surface area contributed by atoms with Crippen molar-refractivity contribution in [2.75, 3.05) is 94.8 Å². The first-order valence-electron chi connectivity index (χ1n) is 38.7. The summed E-state index contributed by atoms with van der Waals surface area (Å²) in [5.74, 6) is -16.5. The average molecular weight is 1530 g/mol. The summed E-state index contributed by atoms with van der Waals surface area (Å²) in [7, 11) is 8.12. The predicted octanol–water partition coefficient (Wildman–Crippen LogP) is 5.94. The Kier molecular flexibility index (Phi) is 29.4. The van der Waals surface area contributed by atoms with Gasteiger partial charge in [-0.2, -0.15) is 26.3 Å². The first kappa shape index (κ1) is 85.6. The molecule has 2 bridgehead atoms. The Balaban J connectivity index is 1.18. The molecule has 107 heavy (non-hydrogen) atoms. The molecule has 4 aliphatic carbocycles. The molecule has 0 aromatic heterocycles. The number of nitrogens with one attached hydrogen (secondary N) is 3. The number of fused-ring (bicyclic) bond motifs is 3. The first-order valence-corrected chi connectivity index (χ1v) is 38.7. The van der Waals surface area contributed by atoms with Crippen LogP contribution in [0.4, 0.5) is 35.1 Å². The summed E-state index contributed by atoms with van der Waals surface area (Å²) < 4.78 is 120. The molecule has 3 N–H and O–H groups in total. The lowest BCUT2D eigenvalue weighted by Gasteiger charge is -2.47. The van der Waals surface area contributed by atoms with Crippen LogP contribution >= 0.6 is 0 Å². The van der Waals surface area contributed by atoms with Crippen LogP contribution in [-0.4, -0.2) is 288 Å². The number of carbonyl (C=O) groups excluding carboxylic acids is 12. The number of rotatable bonds is 11. The van der Waals surface area contributed by atoms with Crippen LogP contribution in [0.5, 0.6) is 0 Å². The van der Waals surface area contributed by atoms with Crippen molar-refractivity contribution in [2.24, 2.45) is 41.4 Å². The molecule has 4 heterocycles. The normalized spacial score (nSPS) is 32.1. The summed E-state index contributed by atoms with van der Waals surface area (Å²) >= 11 is 0. The van der Waals surface area contributed by atoms with E-state index in [2.05, 4.69) is 16.0 Å². The molecule has 0 aromatic carbocycles. The number of morpholine rings is 1. The fourth-order valence-electron chi connectivity index (χ4n) is 17.5. The van der Waals surface area contributed by atoms with Gasteiger partial charge in [-0.15, -0.1) is 0 Å². The number of nitrogens with zero attached hydrogens (tertiary/aromatic N) is 9. The van der Waals surface area contributed by atoms with E-state index in [0.29, 0.717) is 44.9 Å². The first-order chi connectivity index (χ1) is 50.3. The molecule has 8 aliphatic rings. The Hall–Kier alpha value is -6.96. The molecule has 11 atom stereocenters. The topological polar surface area (TPSA) is 279 Å². The Morgan fingerprint density at radius 2 is 1.17 bits per heavy atom. The van der Waals surface area contributed by atoms with Gasteiger partial charge < -0.3 is 64.8 Å². The molecule has 2 unspecified atom stereocenters. The second kappa shape index (κ2) is 36.7. The lowest BCUT2D eigenvalue weighted by Crippen LogP contribution is -2.68. The molecule has 0 radical (unpaired) electrons. The van der Waals surface area contributed by atoms with Crippen LogP contribution < -0.4 is 16.0 Å². The Morgan fingerprint density at radius 3 is 1.75 bits per heavy atom. The van der Waals surface area contributed by atoms with Crippen molar-refractivity contribution in [2.45, 2.75) is 260 Å². The van der Waals surface area contributed by atoms with Crippen molar-refractivity contribution in [1.82, 2.24) is 60.0 Å². The summed E-state index contributed by atoms with van der Waals surface area (Å²) in [6.07, 6.45) is -14.2. The molecule has 0 aromatic rings. The van der Waals surface area contributed by atoms with E-state index in [0.717, 1.165) is 14.7 Å². The zero-order valence-electron chi connectivity index (χ0n) is 63.8. The van der Waals surface area contributed by atoms with Crippen molar-refractivity contribution in [3.63, 3.8) is 0 Å². The molecule has 4 saturated heterocycles. The van der Waals surface area contributed by atoms with Crippen LogP contribution in [0.15, 0.2) is 0 Å². The van der Waals surface area contributed by atoms with Gasteiger partial charge in [0.15, 0.2) is 0 Å². The Labute approximate surface area is 622 Å². The Morgan fingerprint density at radius 1 is 0.570 bits per heavy atom. The maximum absolute atomic E-state index is 15.6. The van der Waals surface area contributed by atoms with Crippen LogP contribution in [0.3, 0.4) is 0 Å². The zero-order chi connectivity index (χ0) is 78.9. The maximum Gasteiger partial charge on any atom is 0.397 e. The summed E-state index contributed by atoms with van der Waals surface area (Å²) in [6, 6.07) is -11.0. The zero-order valence-corrected chi connectivity index (χ0v) is 63.8. The van der Waals surface area contributed by atoms with E-state index in [1.165, 1.54) is 71.7 Å². The quantitative estimate of drug-likeness (QED) is 0.202. The van der Waals surface area contributed by atoms with Gasteiger partial charge in [0, 0.05) is 68.5 Å². The molecular formula is C74H114F8N12O13. The van der Waals surface area contributed by atoms with Crippen LogP contribution in [0.2, 0.25) is 0 Å². The predicted molar refractivity (Wildman–Crippen MR) is 374 cm³/mol. The van der Waals surface area contributed by atoms with Crippen LogP contribution in [0.25, 0.3) is 0 Å². The second-order valence-corrected chi connectivity index (χ2v) is 32.2. The smallest absolute Gasteiger partial charge is 0.378 e. The minimum Gasteiger partial charge on any atom is -0.378 e. The van der Waals surface area contributed by atoms with Gasteiger partial charge in [0.2, 0.25) is 70.9 Å². The molecule has 1 spiro atoms. The largest absolute Gasteiger partial charge is 0.397 e. The number of hydrogen-bond acceptors (Lipinski definition) is 13. The molecular weight excluding hydrogens is 1420 g/mol. The van der Waals surface area contributed by atoms with Crippen LogP contribution in [0, 0.1) is 41.4 Å². The highest BCUT2D eigenvalue weighted by atomic mass is 19.4. The Bertz CT molecular complexity index is 3170. The number of ether oxygens (including phenoxy) is 1. The second-order valence-electron chi connectivity index (χ2n) is 32.2. The SMILES string of the molecule is CC[C@H](C)[C@@H]1NC(=O)[C@H](CC(C)C)N(C)C(=O)C[C@@H](C(=O)N2CCOCC2)N(C)C(=O)[C@H](C2CCCC2)N(C)C(=O)C2(CCC2)NC(=O)[C@@H]2CCCN2C(=O)[C@H](CCC2CC(F)C(C(F)(F)F)C(F)C2)NC(=O)CN(C)C(=O)[C@H](CC2CCC(C(F)(F)F)CC2)N2CCCC[C@@H](C2=O)N(C)C(=O)CN(C)C1=O. The average Bonchev–Trinajstić information content (AvgIpc) is 1.73. The van der Waals surface area contributed by atoms with Gasteiger partial charge in [0.25, 0.3) is 0 Å². The van der Waals surface area contributed by atoms with Gasteiger partial charge in [0.05, 0.1) is 38.6 Å². The van der Waals surface area contributed by atoms with Gasteiger partial charge in [-0.3, -0.25) is 57.5 Å². The van der Waals surface area contributed by atoms with Gasteiger partial charge in [-0.1, -0.05) is 47.0 Å².